The molecule has 7 nitrogen and oxygen atoms in total. The number of carbonyl (C=O) groups excluding carboxylic acids is 1. The molecule has 0 atom stereocenters. The van der Waals surface area contributed by atoms with Crippen molar-refractivity contribution in [2.75, 3.05) is 7.11 Å². The number of benzene rings is 1. The Bertz CT molecular complexity index is 855. The van der Waals surface area contributed by atoms with Crippen LogP contribution in [0.15, 0.2) is 52.5 Å². The molecule has 2 heterocycles. The Morgan fingerprint density at radius 2 is 2.09 bits per heavy atom. The van der Waals surface area contributed by atoms with Crippen molar-refractivity contribution in [2.45, 2.75) is 0 Å². The molecule has 0 bridgehead atoms. The van der Waals surface area contributed by atoms with E-state index in [1.165, 1.54) is 30.7 Å². The van der Waals surface area contributed by atoms with E-state index in [4.69, 9.17) is 20.8 Å². The second kappa shape index (κ2) is 6.45. The van der Waals surface area contributed by atoms with Gasteiger partial charge in [-0.25, -0.2) is 9.47 Å². The molecule has 0 spiro atoms. The van der Waals surface area contributed by atoms with Gasteiger partial charge in [0.2, 0.25) is 0 Å². The molecular formula is C15H11ClN4O3. The van der Waals surface area contributed by atoms with Gasteiger partial charge in [-0.1, -0.05) is 11.6 Å². The molecule has 8 heteroatoms. The van der Waals surface area contributed by atoms with Crippen LogP contribution < -0.4 is 0 Å². The number of furan rings is 1. The van der Waals surface area contributed by atoms with Gasteiger partial charge in [-0.05, 0) is 30.3 Å². The van der Waals surface area contributed by atoms with Crippen molar-refractivity contribution >= 4 is 23.8 Å². The van der Waals surface area contributed by atoms with Gasteiger partial charge in [0.25, 0.3) is 0 Å². The highest BCUT2D eigenvalue weighted by molar-refractivity contribution is 6.33. The van der Waals surface area contributed by atoms with Crippen LogP contribution in [0.1, 0.15) is 16.1 Å². The summed E-state index contributed by atoms with van der Waals surface area (Å²) in [5, 5.41) is 11.8. The van der Waals surface area contributed by atoms with Gasteiger partial charge in [-0.2, -0.15) is 5.10 Å². The zero-order valence-electron chi connectivity index (χ0n) is 12.0. The Balaban J connectivity index is 1.89. The monoisotopic (exact) mass is 330 g/mol. The molecule has 0 N–H and O–H groups in total. The Morgan fingerprint density at radius 1 is 1.30 bits per heavy atom. The molecule has 0 fully saturated rings. The first-order valence-corrected chi connectivity index (χ1v) is 6.92. The summed E-state index contributed by atoms with van der Waals surface area (Å²) in [5.74, 6) is 0.600. The second-order valence-electron chi connectivity index (χ2n) is 4.47. The lowest BCUT2D eigenvalue weighted by Gasteiger charge is -2.04. The maximum Gasteiger partial charge on any atom is 0.337 e. The molecule has 0 aliphatic rings. The average Bonchev–Trinajstić information content (AvgIpc) is 3.24. The summed E-state index contributed by atoms with van der Waals surface area (Å²) in [7, 11) is 1.32. The summed E-state index contributed by atoms with van der Waals surface area (Å²) >= 11 is 6.18. The molecule has 0 aliphatic carbocycles. The molecule has 116 valence electrons. The smallest absolute Gasteiger partial charge is 0.337 e. The SMILES string of the molecule is COC(=O)c1ccc(Cl)c(-c2ccc(/C=N\n3cnnc3)o2)c1. The molecular weight excluding hydrogens is 320 g/mol. The number of rotatable bonds is 4. The Hall–Kier alpha value is -2.93. The number of methoxy groups -OCH3 is 1. The molecule has 0 saturated carbocycles. The summed E-state index contributed by atoms with van der Waals surface area (Å²) in [6, 6.07) is 8.32. The van der Waals surface area contributed by atoms with Crippen LogP contribution in [-0.4, -0.2) is 34.2 Å². The maximum absolute atomic E-state index is 11.6. The van der Waals surface area contributed by atoms with Crippen LogP contribution in [0.2, 0.25) is 5.02 Å². The summed E-state index contributed by atoms with van der Waals surface area (Å²) in [4.78, 5) is 11.6. The van der Waals surface area contributed by atoms with Crippen LogP contribution in [0.3, 0.4) is 0 Å². The number of halogens is 1. The predicted molar refractivity (Wildman–Crippen MR) is 83.5 cm³/mol. The molecule has 23 heavy (non-hydrogen) atoms. The van der Waals surface area contributed by atoms with Gasteiger partial charge in [0.15, 0.2) is 0 Å². The normalized spacial score (nSPS) is 11.0. The number of esters is 1. The van der Waals surface area contributed by atoms with Gasteiger partial charge in [0, 0.05) is 5.56 Å². The number of carbonyl (C=O) groups is 1. The first-order valence-electron chi connectivity index (χ1n) is 6.54. The van der Waals surface area contributed by atoms with E-state index in [0.29, 0.717) is 27.7 Å². The van der Waals surface area contributed by atoms with E-state index in [1.807, 2.05) is 0 Å². The summed E-state index contributed by atoms with van der Waals surface area (Å²) in [5.41, 5.74) is 0.988. The zero-order chi connectivity index (χ0) is 16.2. The molecule has 0 saturated heterocycles. The highest BCUT2D eigenvalue weighted by Gasteiger charge is 2.13. The quantitative estimate of drug-likeness (QED) is 0.542. The molecule has 0 radical (unpaired) electrons. The van der Waals surface area contributed by atoms with Crippen LogP contribution in [0.25, 0.3) is 11.3 Å². The molecule has 3 rings (SSSR count). The standard InChI is InChI=1S/C15H11ClN4O3/c1-22-15(21)10-2-4-13(16)12(6-10)14-5-3-11(23-14)7-19-20-8-17-18-9-20/h2-9H,1H3/b19-7-. The van der Waals surface area contributed by atoms with E-state index in [-0.39, 0.29) is 0 Å². The molecule has 3 aromatic rings. The highest BCUT2D eigenvalue weighted by Crippen LogP contribution is 2.30. The van der Waals surface area contributed by atoms with Crippen molar-refractivity contribution in [1.29, 1.82) is 0 Å². The lowest BCUT2D eigenvalue weighted by atomic mass is 10.1. The van der Waals surface area contributed by atoms with Crippen molar-refractivity contribution in [1.82, 2.24) is 14.9 Å². The largest absolute Gasteiger partial charge is 0.465 e. The zero-order valence-corrected chi connectivity index (χ0v) is 12.8. The van der Waals surface area contributed by atoms with Gasteiger partial charge < -0.3 is 9.15 Å². The lowest BCUT2D eigenvalue weighted by Crippen LogP contribution is -2.01. The Morgan fingerprint density at radius 3 is 2.83 bits per heavy atom. The van der Waals surface area contributed by atoms with Gasteiger partial charge in [-0.3, -0.25) is 0 Å². The minimum Gasteiger partial charge on any atom is -0.465 e. The summed E-state index contributed by atoms with van der Waals surface area (Å²) in [6.07, 6.45) is 4.43. The maximum atomic E-state index is 11.6. The van der Waals surface area contributed by atoms with Gasteiger partial charge in [-0.15, -0.1) is 10.2 Å². The predicted octanol–water partition coefficient (Wildman–Crippen LogP) is 2.86. The van der Waals surface area contributed by atoms with Crippen molar-refractivity contribution < 1.29 is 13.9 Å². The van der Waals surface area contributed by atoms with Crippen LogP contribution >= 0.6 is 11.6 Å². The van der Waals surface area contributed by atoms with E-state index < -0.39 is 5.97 Å². The molecule has 1 aromatic carbocycles. The van der Waals surface area contributed by atoms with Crippen LogP contribution in [-0.2, 0) is 4.74 Å². The first kappa shape index (κ1) is 15.0. The van der Waals surface area contributed by atoms with Gasteiger partial charge >= 0.3 is 5.97 Å². The summed E-state index contributed by atoms with van der Waals surface area (Å²) < 4.78 is 11.8. The number of aromatic nitrogens is 3. The van der Waals surface area contributed by atoms with E-state index in [1.54, 1.807) is 30.3 Å². The fraction of sp³-hybridized carbons (Fsp3) is 0.0667. The van der Waals surface area contributed by atoms with Gasteiger partial charge in [0.05, 0.1) is 23.9 Å². The minimum absolute atomic E-state index is 0.392. The number of hydrogen-bond donors (Lipinski definition) is 0. The molecule has 0 amide bonds. The average molecular weight is 331 g/mol. The van der Waals surface area contributed by atoms with Crippen LogP contribution in [0, 0.1) is 0 Å². The fourth-order valence-corrected chi connectivity index (χ4v) is 2.12. The van der Waals surface area contributed by atoms with E-state index in [0.717, 1.165) is 0 Å². The van der Waals surface area contributed by atoms with E-state index in [2.05, 4.69) is 15.3 Å². The summed E-state index contributed by atoms with van der Waals surface area (Å²) in [6.45, 7) is 0. The molecule has 0 unspecified atom stereocenters. The Kier molecular flexibility index (Phi) is 4.20. The number of nitrogens with zero attached hydrogens (tertiary/aromatic N) is 4. The first-order chi connectivity index (χ1) is 11.2. The van der Waals surface area contributed by atoms with Crippen molar-refractivity contribution in [3.63, 3.8) is 0 Å². The van der Waals surface area contributed by atoms with E-state index >= 15 is 0 Å². The second-order valence-corrected chi connectivity index (χ2v) is 4.88. The fourth-order valence-electron chi connectivity index (χ4n) is 1.90. The molecule has 0 aliphatic heterocycles. The van der Waals surface area contributed by atoms with Crippen LogP contribution in [0.4, 0.5) is 0 Å². The highest BCUT2D eigenvalue weighted by atomic mass is 35.5. The number of ether oxygens (including phenoxy) is 1. The minimum atomic E-state index is -0.441. The van der Waals surface area contributed by atoms with Crippen molar-refractivity contribution in [3.05, 3.63) is 59.3 Å². The topological polar surface area (TPSA) is 82.5 Å². The van der Waals surface area contributed by atoms with Crippen LogP contribution in [0.5, 0.6) is 0 Å². The lowest BCUT2D eigenvalue weighted by molar-refractivity contribution is 0.0601. The van der Waals surface area contributed by atoms with Crippen molar-refractivity contribution in [3.8, 4) is 11.3 Å². The third-order valence-corrected chi connectivity index (χ3v) is 3.33. The van der Waals surface area contributed by atoms with E-state index in [9.17, 15) is 4.79 Å². The number of hydrogen-bond acceptors (Lipinski definition) is 6. The molecule has 2 aromatic heterocycles. The van der Waals surface area contributed by atoms with Gasteiger partial charge in [0.1, 0.15) is 24.2 Å². The third kappa shape index (κ3) is 3.29. The van der Waals surface area contributed by atoms with Crippen molar-refractivity contribution in [2.24, 2.45) is 5.10 Å². The Labute approximate surface area is 136 Å². The third-order valence-electron chi connectivity index (χ3n) is 3.00.